The number of nitrogens with one attached hydrogen (secondary N) is 1. The third-order valence-electron chi connectivity index (χ3n) is 2.34. The second-order valence-corrected chi connectivity index (χ2v) is 4.43. The van der Waals surface area contributed by atoms with Crippen LogP contribution in [0.1, 0.15) is 12.1 Å². The van der Waals surface area contributed by atoms with Crippen molar-refractivity contribution in [3.63, 3.8) is 0 Å². The zero-order valence-electron chi connectivity index (χ0n) is 8.73. The number of hydrogen-bond acceptors (Lipinski definition) is 3. The van der Waals surface area contributed by atoms with Gasteiger partial charge < -0.3 is 0 Å². The Kier molecular flexibility index (Phi) is 3.55. The lowest BCUT2D eigenvalue weighted by molar-refractivity contribution is -0.384. The summed E-state index contributed by atoms with van der Waals surface area (Å²) in [5.41, 5.74) is 0.374. The van der Waals surface area contributed by atoms with Crippen molar-refractivity contribution < 1.29 is 13.7 Å². The summed E-state index contributed by atoms with van der Waals surface area (Å²) in [6.07, 6.45) is -2.67. The molecule has 1 aromatic carbocycles. The Bertz CT molecular complexity index is 583. The van der Waals surface area contributed by atoms with Gasteiger partial charge in [-0.15, -0.1) is 0 Å². The Morgan fingerprint density at radius 3 is 2.44 bits per heavy atom. The molecule has 0 bridgehead atoms. The molecule has 5 nitrogen and oxygen atoms in total. The first-order chi connectivity index (χ1) is 8.50. The van der Waals surface area contributed by atoms with E-state index in [9.17, 15) is 18.9 Å². The summed E-state index contributed by atoms with van der Waals surface area (Å²) in [6.45, 7) is 0. The number of benzene rings is 1. The van der Waals surface area contributed by atoms with Gasteiger partial charge in [-0.2, -0.15) is 5.10 Å². The Balaban J connectivity index is 2.48. The summed E-state index contributed by atoms with van der Waals surface area (Å²) in [7, 11) is 0. The lowest BCUT2D eigenvalue weighted by Gasteiger charge is -2.03. The van der Waals surface area contributed by atoms with E-state index in [2.05, 4.69) is 10.2 Å². The summed E-state index contributed by atoms with van der Waals surface area (Å²) < 4.78 is 25.9. The molecule has 18 heavy (non-hydrogen) atoms. The van der Waals surface area contributed by atoms with E-state index in [4.69, 9.17) is 0 Å². The average Bonchev–Trinajstić information content (AvgIpc) is 2.71. The number of aromatic amines is 1. The standard InChI is InChI=1S/C10H6F2IN3O2/c11-9(12)8-7(10(13)15-14-8)5-1-3-6(4-2-5)16(17)18/h1-4,9H,(H,14,15). The number of nitrogens with zero attached hydrogens (tertiary/aromatic N) is 2. The highest BCUT2D eigenvalue weighted by Crippen LogP contribution is 2.33. The second kappa shape index (κ2) is 4.96. The van der Waals surface area contributed by atoms with Gasteiger partial charge in [-0.1, -0.05) is 0 Å². The molecule has 0 aliphatic heterocycles. The van der Waals surface area contributed by atoms with Crippen molar-refractivity contribution >= 4 is 28.3 Å². The van der Waals surface area contributed by atoms with Crippen molar-refractivity contribution in [1.29, 1.82) is 0 Å². The molecule has 2 rings (SSSR count). The fourth-order valence-corrected chi connectivity index (χ4v) is 2.24. The summed E-state index contributed by atoms with van der Waals surface area (Å²) >= 11 is 1.83. The van der Waals surface area contributed by atoms with Crippen molar-refractivity contribution in [3.8, 4) is 11.1 Å². The highest BCUT2D eigenvalue weighted by Gasteiger charge is 2.20. The zero-order valence-corrected chi connectivity index (χ0v) is 10.9. The molecular formula is C10H6F2IN3O2. The molecule has 0 atom stereocenters. The van der Waals surface area contributed by atoms with Crippen molar-refractivity contribution in [2.45, 2.75) is 6.43 Å². The fourth-order valence-electron chi connectivity index (χ4n) is 1.51. The molecule has 0 unspecified atom stereocenters. The van der Waals surface area contributed by atoms with Crippen LogP contribution in [0.15, 0.2) is 24.3 Å². The largest absolute Gasteiger partial charge is 0.280 e. The predicted octanol–water partition coefficient (Wildman–Crippen LogP) is 3.53. The van der Waals surface area contributed by atoms with Crippen LogP contribution in [-0.4, -0.2) is 15.1 Å². The maximum atomic E-state index is 12.8. The Morgan fingerprint density at radius 1 is 1.33 bits per heavy atom. The van der Waals surface area contributed by atoms with E-state index in [-0.39, 0.29) is 16.9 Å². The van der Waals surface area contributed by atoms with E-state index in [1.54, 1.807) is 0 Å². The molecule has 0 amide bonds. The first-order valence-electron chi connectivity index (χ1n) is 4.77. The number of hydrogen-bond donors (Lipinski definition) is 1. The monoisotopic (exact) mass is 365 g/mol. The van der Waals surface area contributed by atoms with Gasteiger partial charge in [0.15, 0.2) is 0 Å². The number of nitro benzene ring substituents is 1. The lowest BCUT2D eigenvalue weighted by Crippen LogP contribution is -1.91. The third kappa shape index (κ3) is 2.33. The summed E-state index contributed by atoms with van der Waals surface area (Å²) in [4.78, 5) is 9.96. The molecule has 8 heteroatoms. The molecule has 1 N–H and O–H groups in total. The van der Waals surface area contributed by atoms with E-state index in [1.807, 2.05) is 22.6 Å². The van der Waals surface area contributed by atoms with Crippen LogP contribution in [0, 0.1) is 13.8 Å². The van der Waals surface area contributed by atoms with E-state index in [0.717, 1.165) is 0 Å². The molecule has 2 aromatic rings. The maximum Gasteiger partial charge on any atom is 0.280 e. The first-order valence-corrected chi connectivity index (χ1v) is 5.85. The van der Waals surface area contributed by atoms with Crippen LogP contribution < -0.4 is 0 Å². The molecule has 0 saturated heterocycles. The van der Waals surface area contributed by atoms with Gasteiger partial charge in [-0.05, 0) is 40.3 Å². The molecule has 1 heterocycles. The van der Waals surface area contributed by atoms with Crippen LogP contribution in [0.5, 0.6) is 0 Å². The minimum absolute atomic E-state index is 0.0872. The van der Waals surface area contributed by atoms with Crippen LogP contribution in [0.3, 0.4) is 0 Å². The van der Waals surface area contributed by atoms with Gasteiger partial charge in [0.1, 0.15) is 9.39 Å². The molecule has 0 aliphatic carbocycles. The minimum Gasteiger partial charge on any atom is -0.275 e. The number of rotatable bonds is 3. The van der Waals surface area contributed by atoms with Crippen molar-refractivity contribution in [2.24, 2.45) is 0 Å². The smallest absolute Gasteiger partial charge is 0.275 e. The Morgan fingerprint density at radius 2 is 1.94 bits per heavy atom. The summed E-state index contributed by atoms with van der Waals surface area (Å²) in [5.74, 6) is 0. The molecule has 94 valence electrons. The van der Waals surface area contributed by atoms with E-state index >= 15 is 0 Å². The van der Waals surface area contributed by atoms with Gasteiger partial charge in [0.05, 0.1) is 4.92 Å². The SMILES string of the molecule is O=[N+]([O-])c1ccc(-c2c(I)n[nH]c2C(F)F)cc1. The topological polar surface area (TPSA) is 71.8 Å². The number of aromatic nitrogens is 2. The highest BCUT2D eigenvalue weighted by molar-refractivity contribution is 14.1. The molecule has 1 aromatic heterocycles. The Hall–Kier alpha value is -1.58. The average molecular weight is 365 g/mol. The maximum absolute atomic E-state index is 12.8. The first kappa shape index (κ1) is 12.9. The van der Waals surface area contributed by atoms with E-state index < -0.39 is 11.3 Å². The van der Waals surface area contributed by atoms with Gasteiger partial charge in [0.25, 0.3) is 12.1 Å². The van der Waals surface area contributed by atoms with Gasteiger partial charge >= 0.3 is 0 Å². The van der Waals surface area contributed by atoms with E-state index in [1.165, 1.54) is 24.3 Å². The quantitative estimate of drug-likeness (QED) is 0.514. The van der Waals surface area contributed by atoms with Gasteiger partial charge in [0.2, 0.25) is 0 Å². The predicted molar refractivity (Wildman–Crippen MR) is 68.4 cm³/mol. The molecule has 0 aliphatic rings. The third-order valence-corrected chi connectivity index (χ3v) is 3.12. The molecule has 0 spiro atoms. The van der Waals surface area contributed by atoms with Crippen LogP contribution in [0.4, 0.5) is 14.5 Å². The number of alkyl halides is 2. The van der Waals surface area contributed by atoms with Crippen molar-refractivity contribution in [1.82, 2.24) is 10.2 Å². The second-order valence-electron chi connectivity index (χ2n) is 3.41. The van der Waals surface area contributed by atoms with Crippen LogP contribution in [0.25, 0.3) is 11.1 Å². The number of non-ortho nitro benzene ring substituents is 1. The fraction of sp³-hybridized carbons (Fsp3) is 0.100. The number of H-pyrrole nitrogens is 1. The minimum atomic E-state index is -2.67. The molecular weight excluding hydrogens is 359 g/mol. The van der Waals surface area contributed by atoms with Crippen molar-refractivity contribution in [3.05, 3.63) is 43.8 Å². The molecule has 0 radical (unpaired) electrons. The number of nitro groups is 1. The van der Waals surface area contributed by atoms with Crippen LogP contribution in [-0.2, 0) is 0 Å². The summed E-state index contributed by atoms with van der Waals surface area (Å²) in [5, 5.41) is 16.5. The van der Waals surface area contributed by atoms with E-state index in [0.29, 0.717) is 9.26 Å². The normalized spacial score (nSPS) is 10.9. The number of halogens is 3. The zero-order chi connectivity index (χ0) is 13.3. The van der Waals surface area contributed by atoms with Gasteiger partial charge in [-0.25, -0.2) is 8.78 Å². The van der Waals surface area contributed by atoms with Gasteiger partial charge in [-0.3, -0.25) is 15.2 Å². The van der Waals surface area contributed by atoms with Gasteiger partial charge in [0, 0.05) is 17.7 Å². The molecule has 0 fully saturated rings. The van der Waals surface area contributed by atoms with Crippen LogP contribution >= 0.6 is 22.6 Å². The Labute approximate surface area is 113 Å². The van der Waals surface area contributed by atoms with Crippen molar-refractivity contribution in [2.75, 3.05) is 0 Å². The molecule has 0 saturated carbocycles. The lowest BCUT2D eigenvalue weighted by atomic mass is 10.1. The highest BCUT2D eigenvalue weighted by atomic mass is 127. The van der Waals surface area contributed by atoms with Crippen LogP contribution in [0.2, 0.25) is 0 Å². The summed E-state index contributed by atoms with van der Waals surface area (Å²) in [6, 6.07) is 5.40.